The zero-order valence-corrected chi connectivity index (χ0v) is 12.7. The smallest absolute Gasteiger partial charge is 0.205 e. The van der Waals surface area contributed by atoms with E-state index >= 15 is 0 Å². The molecule has 0 aliphatic heterocycles. The molecule has 98 valence electrons. The average molecular weight is 276 g/mol. The molecule has 1 rings (SSSR count). The second kappa shape index (κ2) is 7.17. The molecule has 0 aliphatic rings. The Morgan fingerprint density at radius 2 is 1.94 bits per heavy atom. The van der Waals surface area contributed by atoms with Crippen molar-refractivity contribution in [2.75, 3.05) is 17.3 Å². The molecule has 0 atom stereocenters. The predicted octanol–water partition coefficient (Wildman–Crippen LogP) is 3.90. The normalized spacial score (nSPS) is 11.5. The van der Waals surface area contributed by atoms with Gasteiger partial charge in [0.2, 0.25) is 5.13 Å². The zero-order valence-electron chi connectivity index (χ0n) is 11.1. The predicted molar refractivity (Wildman–Crippen MR) is 76.4 cm³/mol. The second-order valence-electron chi connectivity index (χ2n) is 4.44. The molecule has 1 heterocycles. The fourth-order valence-corrected chi connectivity index (χ4v) is 2.92. The highest BCUT2D eigenvalue weighted by Gasteiger charge is 2.19. The molecule has 0 aliphatic carbocycles. The van der Waals surface area contributed by atoms with Gasteiger partial charge in [-0.2, -0.15) is 4.37 Å². The fraction of sp³-hybridized carbons (Fsp3) is 0.833. The maximum Gasteiger partial charge on any atom is 0.205 e. The van der Waals surface area contributed by atoms with Crippen LogP contribution in [0.2, 0.25) is 0 Å². The van der Waals surface area contributed by atoms with Gasteiger partial charge in [0.25, 0.3) is 0 Å². The number of hydrogen-bond donors (Lipinski definition) is 0. The molecule has 0 radical (unpaired) electrons. The monoisotopic (exact) mass is 275 g/mol. The molecule has 0 spiro atoms. The molecule has 0 N–H and O–H groups in total. The number of hydrogen-bond acceptors (Lipinski definition) is 4. The molecule has 3 nitrogen and oxygen atoms in total. The van der Waals surface area contributed by atoms with Gasteiger partial charge < -0.3 is 4.90 Å². The van der Waals surface area contributed by atoms with Crippen LogP contribution in [-0.4, -0.2) is 27.8 Å². The summed E-state index contributed by atoms with van der Waals surface area (Å²) in [6.45, 7) is 9.50. The van der Waals surface area contributed by atoms with Crippen molar-refractivity contribution in [3.8, 4) is 0 Å². The molecule has 17 heavy (non-hydrogen) atoms. The highest BCUT2D eigenvalue weighted by atomic mass is 35.5. The van der Waals surface area contributed by atoms with Crippen molar-refractivity contribution in [2.24, 2.45) is 0 Å². The van der Waals surface area contributed by atoms with Gasteiger partial charge in [-0.25, -0.2) is 4.98 Å². The third-order valence-corrected chi connectivity index (χ3v) is 3.84. The summed E-state index contributed by atoms with van der Waals surface area (Å²) < 4.78 is 4.42. The first kappa shape index (κ1) is 14.7. The van der Waals surface area contributed by atoms with Gasteiger partial charge in [-0.15, -0.1) is 11.6 Å². The Kier molecular flexibility index (Phi) is 6.20. The van der Waals surface area contributed by atoms with E-state index in [1.54, 1.807) is 0 Å². The molecule has 0 unspecified atom stereocenters. The highest BCUT2D eigenvalue weighted by molar-refractivity contribution is 7.09. The molecule has 1 aromatic rings. The van der Waals surface area contributed by atoms with E-state index in [0.717, 1.165) is 30.3 Å². The summed E-state index contributed by atoms with van der Waals surface area (Å²) in [5.74, 6) is 1.96. The van der Waals surface area contributed by atoms with Gasteiger partial charge in [0.15, 0.2) is 0 Å². The van der Waals surface area contributed by atoms with Gasteiger partial charge in [0.1, 0.15) is 5.82 Å². The van der Waals surface area contributed by atoms with Crippen LogP contribution in [0.15, 0.2) is 0 Å². The largest absolute Gasteiger partial charge is 0.343 e. The lowest BCUT2D eigenvalue weighted by Crippen LogP contribution is -2.36. The zero-order chi connectivity index (χ0) is 12.8. The van der Waals surface area contributed by atoms with Gasteiger partial charge in [-0.1, -0.05) is 27.7 Å². The minimum Gasteiger partial charge on any atom is -0.343 e. The first-order valence-electron chi connectivity index (χ1n) is 6.30. The maximum atomic E-state index is 5.89. The van der Waals surface area contributed by atoms with E-state index in [1.165, 1.54) is 11.5 Å². The fourth-order valence-electron chi connectivity index (χ4n) is 1.83. The summed E-state index contributed by atoms with van der Waals surface area (Å²) in [7, 11) is 0. The third-order valence-electron chi connectivity index (χ3n) is 2.90. The summed E-state index contributed by atoms with van der Waals surface area (Å²) in [5.41, 5.74) is 0. The first-order chi connectivity index (χ1) is 8.13. The van der Waals surface area contributed by atoms with Gasteiger partial charge in [-0.3, -0.25) is 0 Å². The first-order valence-corrected chi connectivity index (χ1v) is 7.60. The summed E-state index contributed by atoms with van der Waals surface area (Å²) in [6, 6.07) is 0.515. The lowest BCUT2D eigenvalue weighted by molar-refractivity contribution is 0.565. The maximum absolute atomic E-state index is 5.89. The summed E-state index contributed by atoms with van der Waals surface area (Å²) in [4.78, 5) is 6.92. The van der Waals surface area contributed by atoms with Crippen LogP contribution < -0.4 is 4.90 Å². The van der Waals surface area contributed by atoms with Crippen LogP contribution in [0.1, 0.15) is 52.3 Å². The van der Waals surface area contributed by atoms with E-state index in [9.17, 15) is 0 Å². The van der Waals surface area contributed by atoms with Crippen molar-refractivity contribution in [1.82, 2.24) is 9.36 Å². The molecule has 5 heteroatoms. The lowest BCUT2D eigenvalue weighted by atomic mass is 10.1. The van der Waals surface area contributed by atoms with Gasteiger partial charge in [-0.05, 0) is 12.8 Å². The molecule has 0 bridgehead atoms. The van der Waals surface area contributed by atoms with Crippen molar-refractivity contribution in [1.29, 1.82) is 0 Å². The van der Waals surface area contributed by atoms with Crippen LogP contribution in [0, 0.1) is 0 Å². The van der Waals surface area contributed by atoms with Crippen molar-refractivity contribution in [3.63, 3.8) is 0 Å². The van der Waals surface area contributed by atoms with E-state index in [1.807, 2.05) is 0 Å². The number of halogens is 1. The minimum atomic E-state index is 0.388. The molecule has 1 aromatic heterocycles. The SMILES string of the molecule is CCC(CC)N(CCCl)c1nc(C(C)C)ns1. The summed E-state index contributed by atoms with van der Waals surface area (Å²) >= 11 is 7.38. The van der Waals surface area contributed by atoms with Crippen molar-refractivity contribution in [3.05, 3.63) is 5.82 Å². The Morgan fingerprint density at radius 1 is 1.29 bits per heavy atom. The Bertz CT molecular complexity index is 323. The summed E-state index contributed by atoms with van der Waals surface area (Å²) in [6.07, 6.45) is 2.23. The minimum absolute atomic E-state index is 0.388. The number of anilines is 1. The van der Waals surface area contributed by atoms with Crippen LogP contribution in [0.3, 0.4) is 0 Å². The molecule has 0 aromatic carbocycles. The number of alkyl halides is 1. The lowest BCUT2D eigenvalue weighted by Gasteiger charge is -2.29. The molecule has 0 fully saturated rings. The van der Waals surface area contributed by atoms with Crippen LogP contribution in [0.4, 0.5) is 5.13 Å². The van der Waals surface area contributed by atoms with E-state index in [2.05, 4.69) is 42.0 Å². The van der Waals surface area contributed by atoms with E-state index < -0.39 is 0 Å². The van der Waals surface area contributed by atoms with E-state index in [-0.39, 0.29) is 0 Å². The quantitative estimate of drug-likeness (QED) is 0.707. The Labute approximate surface area is 113 Å². The van der Waals surface area contributed by atoms with Crippen LogP contribution in [0.5, 0.6) is 0 Å². The highest BCUT2D eigenvalue weighted by Crippen LogP contribution is 2.25. The summed E-state index contributed by atoms with van der Waals surface area (Å²) in [5, 5.41) is 1.02. The Hall–Kier alpha value is -0.350. The second-order valence-corrected chi connectivity index (χ2v) is 5.55. The van der Waals surface area contributed by atoms with E-state index in [4.69, 9.17) is 11.6 Å². The van der Waals surface area contributed by atoms with E-state index in [0.29, 0.717) is 17.8 Å². The standard InChI is InChI=1S/C12H22ClN3S/c1-5-10(6-2)16(8-7-13)12-14-11(9(3)4)15-17-12/h9-10H,5-8H2,1-4H3. The van der Waals surface area contributed by atoms with Crippen LogP contribution in [0.25, 0.3) is 0 Å². The van der Waals surface area contributed by atoms with Crippen LogP contribution >= 0.6 is 23.1 Å². The molecule has 0 amide bonds. The number of rotatable bonds is 7. The van der Waals surface area contributed by atoms with Crippen molar-refractivity contribution in [2.45, 2.75) is 52.5 Å². The number of aromatic nitrogens is 2. The van der Waals surface area contributed by atoms with Gasteiger partial charge >= 0.3 is 0 Å². The Balaban J connectivity index is 2.88. The van der Waals surface area contributed by atoms with Crippen LogP contribution in [-0.2, 0) is 0 Å². The van der Waals surface area contributed by atoms with Gasteiger partial charge in [0, 0.05) is 35.9 Å². The molecule has 0 saturated carbocycles. The third kappa shape index (κ3) is 3.81. The average Bonchev–Trinajstić information content (AvgIpc) is 2.78. The molecular weight excluding hydrogens is 254 g/mol. The van der Waals surface area contributed by atoms with Gasteiger partial charge in [0.05, 0.1) is 0 Å². The Morgan fingerprint density at radius 3 is 2.35 bits per heavy atom. The van der Waals surface area contributed by atoms with Crippen molar-refractivity contribution < 1.29 is 0 Å². The van der Waals surface area contributed by atoms with Crippen molar-refractivity contribution >= 4 is 28.3 Å². The molecular formula is C12H22ClN3S. The molecule has 0 saturated heterocycles. The topological polar surface area (TPSA) is 29.0 Å². The number of nitrogens with zero attached hydrogens (tertiary/aromatic N) is 3.